The van der Waals surface area contributed by atoms with Crippen LogP contribution in [-0.2, 0) is 0 Å². The van der Waals surface area contributed by atoms with Gasteiger partial charge in [0.25, 0.3) is 11.5 Å². The van der Waals surface area contributed by atoms with Gasteiger partial charge in [-0.1, -0.05) is 35.4 Å². The van der Waals surface area contributed by atoms with Crippen molar-refractivity contribution in [3.63, 3.8) is 0 Å². The van der Waals surface area contributed by atoms with E-state index in [1.165, 1.54) is 4.68 Å². The number of aryl methyl sites for hydroxylation is 2. The summed E-state index contributed by atoms with van der Waals surface area (Å²) in [6, 6.07) is 20.6. The average molecular weight is 408 g/mol. The molecule has 0 saturated carbocycles. The second kappa shape index (κ2) is 7.25. The SMILES string of the molecule is Cc1ccc(NC(=O)c2ccc3ncc4c(=O)n(-c5ccc(C)cc5)[nH]c4c3c2)cc1. The lowest BCUT2D eigenvalue weighted by molar-refractivity contribution is 0.102. The Morgan fingerprint density at radius 1 is 0.903 bits per heavy atom. The number of carbonyl (C=O) groups excluding carboxylic acids is 1. The summed E-state index contributed by atoms with van der Waals surface area (Å²) in [7, 11) is 0. The van der Waals surface area contributed by atoms with Gasteiger partial charge in [-0.15, -0.1) is 0 Å². The molecule has 2 heterocycles. The molecule has 6 nitrogen and oxygen atoms in total. The molecule has 6 heteroatoms. The monoisotopic (exact) mass is 408 g/mol. The van der Waals surface area contributed by atoms with Crippen LogP contribution < -0.4 is 10.9 Å². The predicted octanol–water partition coefficient (Wildman–Crippen LogP) is 4.74. The maximum atomic E-state index is 13.0. The molecule has 0 aliphatic rings. The molecule has 0 aliphatic heterocycles. The number of hydrogen-bond donors (Lipinski definition) is 2. The number of amides is 1. The highest BCUT2D eigenvalue weighted by Gasteiger charge is 2.14. The van der Waals surface area contributed by atoms with Crippen molar-refractivity contribution < 1.29 is 4.79 Å². The number of aromatic amines is 1. The molecular formula is C25H20N4O2. The zero-order chi connectivity index (χ0) is 21.5. The Balaban J connectivity index is 1.60. The number of aromatic nitrogens is 3. The molecule has 2 N–H and O–H groups in total. The predicted molar refractivity (Wildman–Crippen MR) is 123 cm³/mol. The molecule has 1 amide bonds. The summed E-state index contributed by atoms with van der Waals surface area (Å²) in [5.74, 6) is -0.219. The van der Waals surface area contributed by atoms with E-state index in [-0.39, 0.29) is 11.5 Å². The van der Waals surface area contributed by atoms with Crippen LogP contribution in [0, 0.1) is 13.8 Å². The maximum absolute atomic E-state index is 13.0. The third-order valence-electron chi connectivity index (χ3n) is 5.39. The number of benzene rings is 3. The second-order valence-electron chi connectivity index (χ2n) is 7.69. The van der Waals surface area contributed by atoms with Crippen LogP contribution in [0.5, 0.6) is 0 Å². The topological polar surface area (TPSA) is 79.8 Å². The molecule has 0 atom stereocenters. The fraction of sp³-hybridized carbons (Fsp3) is 0.0800. The van der Waals surface area contributed by atoms with Crippen LogP contribution >= 0.6 is 0 Å². The quantitative estimate of drug-likeness (QED) is 0.453. The summed E-state index contributed by atoms with van der Waals surface area (Å²) in [5, 5.41) is 7.30. The van der Waals surface area contributed by atoms with Gasteiger partial charge in [0.05, 0.1) is 22.1 Å². The first-order valence-corrected chi connectivity index (χ1v) is 9.98. The summed E-state index contributed by atoms with van der Waals surface area (Å²) in [6.45, 7) is 4.00. The van der Waals surface area contributed by atoms with Crippen LogP contribution in [0.3, 0.4) is 0 Å². The van der Waals surface area contributed by atoms with Gasteiger partial charge in [0.15, 0.2) is 0 Å². The first-order chi connectivity index (χ1) is 15.0. The Kier molecular flexibility index (Phi) is 4.40. The molecule has 0 unspecified atom stereocenters. The molecule has 0 bridgehead atoms. The second-order valence-corrected chi connectivity index (χ2v) is 7.69. The van der Waals surface area contributed by atoms with E-state index in [4.69, 9.17) is 0 Å². The van der Waals surface area contributed by atoms with E-state index in [9.17, 15) is 9.59 Å². The lowest BCUT2D eigenvalue weighted by Crippen LogP contribution is -2.14. The average Bonchev–Trinajstić information content (AvgIpc) is 3.12. The van der Waals surface area contributed by atoms with Crippen molar-refractivity contribution in [2.75, 3.05) is 5.32 Å². The normalized spacial score (nSPS) is 11.2. The minimum atomic E-state index is -0.219. The zero-order valence-corrected chi connectivity index (χ0v) is 17.1. The van der Waals surface area contributed by atoms with Crippen LogP contribution in [0.4, 0.5) is 5.69 Å². The van der Waals surface area contributed by atoms with Gasteiger partial charge >= 0.3 is 0 Å². The van der Waals surface area contributed by atoms with Crippen molar-refractivity contribution in [2.45, 2.75) is 13.8 Å². The van der Waals surface area contributed by atoms with Gasteiger partial charge in [-0.3, -0.25) is 19.7 Å². The molecule has 0 fully saturated rings. The van der Waals surface area contributed by atoms with Gasteiger partial charge in [0.1, 0.15) is 0 Å². The van der Waals surface area contributed by atoms with Crippen LogP contribution in [0.2, 0.25) is 0 Å². The largest absolute Gasteiger partial charge is 0.322 e. The van der Waals surface area contributed by atoms with Crippen molar-refractivity contribution in [2.24, 2.45) is 0 Å². The minimum Gasteiger partial charge on any atom is -0.322 e. The number of carbonyl (C=O) groups is 1. The molecule has 31 heavy (non-hydrogen) atoms. The molecule has 3 aromatic carbocycles. The fourth-order valence-corrected chi connectivity index (χ4v) is 3.62. The summed E-state index contributed by atoms with van der Waals surface area (Å²) >= 11 is 0. The van der Waals surface area contributed by atoms with Crippen molar-refractivity contribution in [1.29, 1.82) is 0 Å². The molecule has 5 rings (SSSR count). The number of fused-ring (bicyclic) bond motifs is 3. The van der Waals surface area contributed by atoms with E-state index in [1.54, 1.807) is 24.4 Å². The zero-order valence-electron chi connectivity index (χ0n) is 17.1. The Bertz CT molecular complexity index is 1490. The fourth-order valence-electron chi connectivity index (χ4n) is 3.62. The third kappa shape index (κ3) is 3.38. The molecule has 0 radical (unpaired) electrons. The molecule has 0 saturated heterocycles. The van der Waals surface area contributed by atoms with Crippen LogP contribution in [0.25, 0.3) is 27.5 Å². The van der Waals surface area contributed by atoms with Crippen LogP contribution in [0.15, 0.2) is 77.7 Å². The van der Waals surface area contributed by atoms with Crippen molar-refractivity contribution in [1.82, 2.24) is 14.8 Å². The van der Waals surface area contributed by atoms with Crippen molar-refractivity contribution >= 4 is 33.4 Å². The van der Waals surface area contributed by atoms with Gasteiger partial charge in [0.2, 0.25) is 0 Å². The van der Waals surface area contributed by atoms with E-state index in [2.05, 4.69) is 15.4 Å². The number of pyridine rings is 1. The van der Waals surface area contributed by atoms with E-state index in [1.807, 2.05) is 62.4 Å². The number of H-pyrrole nitrogens is 1. The van der Waals surface area contributed by atoms with Crippen molar-refractivity contribution in [3.05, 3.63) is 100.0 Å². The van der Waals surface area contributed by atoms with Gasteiger partial charge in [0, 0.05) is 22.8 Å². The Labute approximate surface area is 178 Å². The lowest BCUT2D eigenvalue weighted by Gasteiger charge is -2.07. The summed E-state index contributed by atoms with van der Waals surface area (Å²) in [5.41, 5.74) is 5.38. The van der Waals surface area contributed by atoms with Crippen LogP contribution in [0.1, 0.15) is 21.5 Å². The van der Waals surface area contributed by atoms with Crippen LogP contribution in [-0.4, -0.2) is 20.7 Å². The highest BCUT2D eigenvalue weighted by atomic mass is 16.1. The standard InChI is InChI=1S/C25H20N4O2/c1-15-3-8-18(9-4-15)27-24(30)17-7-12-22-20(13-17)23-21(14-26-22)25(31)29(28-23)19-10-5-16(2)6-11-19/h3-14,28H,1-2H3,(H,27,30). The Morgan fingerprint density at radius 3 is 2.29 bits per heavy atom. The molecule has 2 aromatic heterocycles. The highest BCUT2D eigenvalue weighted by Crippen LogP contribution is 2.23. The first kappa shape index (κ1) is 18.8. The molecule has 0 spiro atoms. The van der Waals surface area contributed by atoms with Gasteiger partial charge in [-0.2, -0.15) is 0 Å². The summed E-state index contributed by atoms with van der Waals surface area (Å²) in [4.78, 5) is 30.2. The molecular weight excluding hydrogens is 388 g/mol. The lowest BCUT2D eigenvalue weighted by atomic mass is 10.1. The smallest absolute Gasteiger partial charge is 0.280 e. The minimum absolute atomic E-state index is 0.178. The molecule has 5 aromatic rings. The Morgan fingerprint density at radius 2 is 1.58 bits per heavy atom. The number of nitrogens with one attached hydrogen (secondary N) is 2. The van der Waals surface area contributed by atoms with E-state index >= 15 is 0 Å². The molecule has 152 valence electrons. The number of nitrogens with zero attached hydrogens (tertiary/aromatic N) is 2. The highest BCUT2D eigenvalue weighted by molar-refractivity contribution is 6.10. The Hall–Kier alpha value is -4.19. The summed E-state index contributed by atoms with van der Waals surface area (Å²) < 4.78 is 1.50. The van der Waals surface area contributed by atoms with E-state index in [0.29, 0.717) is 22.0 Å². The van der Waals surface area contributed by atoms with E-state index < -0.39 is 0 Å². The van der Waals surface area contributed by atoms with Gasteiger partial charge in [-0.25, -0.2) is 4.68 Å². The van der Waals surface area contributed by atoms with E-state index in [0.717, 1.165) is 27.9 Å². The van der Waals surface area contributed by atoms with Gasteiger partial charge in [-0.05, 0) is 56.3 Å². The summed E-state index contributed by atoms with van der Waals surface area (Å²) in [6.07, 6.45) is 1.58. The number of anilines is 1. The number of rotatable bonds is 3. The number of hydrogen-bond acceptors (Lipinski definition) is 3. The van der Waals surface area contributed by atoms with Gasteiger partial charge < -0.3 is 5.32 Å². The first-order valence-electron chi connectivity index (χ1n) is 9.98. The maximum Gasteiger partial charge on any atom is 0.280 e. The third-order valence-corrected chi connectivity index (χ3v) is 5.39. The molecule has 0 aliphatic carbocycles. The van der Waals surface area contributed by atoms with Crippen molar-refractivity contribution in [3.8, 4) is 5.69 Å².